The van der Waals surface area contributed by atoms with Crippen molar-refractivity contribution in [3.8, 4) is 0 Å². The minimum absolute atomic E-state index is 0.0593. The zero-order valence-corrected chi connectivity index (χ0v) is 15.2. The zero-order chi connectivity index (χ0) is 18.3. The fourth-order valence-corrected chi connectivity index (χ4v) is 4.66. The Morgan fingerprint density at radius 2 is 1.88 bits per heavy atom. The van der Waals surface area contributed by atoms with Crippen molar-refractivity contribution in [1.82, 2.24) is 4.90 Å². The lowest BCUT2D eigenvalue weighted by Gasteiger charge is -2.22. The van der Waals surface area contributed by atoms with Gasteiger partial charge in [0.2, 0.25) is 13.3 Å². The van der Waals surface area contributed by atoms with E-state index in [4.69, 9.17) is 5.11 Å². The van der Waals surface area contributed by atoms with E-state index >= 15 is 0 Å². The molecular formula is C18H26NO5P. The molecule has 1 heterocycles. The standard InChI is InChI=1S/C18H26NO5P/c20-17(19-12-6-10-16(19)18(21)22)11-14-25(23,24)13-5-4-9-15-7-2-1-3-8-15/h1-3,7-8,16H,4-6,9-14H2,(H,21,22)(H,23,24)/t16-/m0/s1. The Balaban J connectivity index is 1.70. The van der Waals surface area contributed by atoms with Crippen molar-refractivity contribution >= 4 is 19.2 Å². The number of carbonyl (C=O) groups excluding carboxylic acids is 1. The molecule has 25 heavy (non-hydrogen) atoms. The number of aryl methyl sites for hydroxylation is 1. The summed E-state index contributed by atoms with van der Waals surface area (Å²) >= 11 is 0. The van der Waals surface area contributed by atoms with Crippen LogP contribution in [0.1, 0.15) is 37.7 Å². The minimum Gasteiger partial charge on any atom is -0.480 e. The average molecular weight is 367 g/mol. The molecule has 1 amide bonds. The van der Waals surface area contributed by atoms with E-state index < -0.39 is 19.4 Å². The summed E-state index contributed by atoms with van der Waals surface area (Å²) in [4.78, 5) is 34.6. The van der Waals surface area contributed by atoms with Crippen LogP contribution < -0.4 is 0 Å². The molecule has 1 saturated heterocycles. The Hall–Kier alpha value is -1.65. The maximum atomic E-state index is 12.2. The van der Waals surface area contributed by atoms with E-state index in [9.17, 15) is 19.0 Å². The highest BCUT2D eigenvalue weighted by Crippen LogP contribution is 2.42. The number of carboxylic acid groups (broad SMARTS) is 1. The summed E-state index contributed by atoms with van der Waals surface area (Å²) in [6.45, 7) is 0.419. The highest BCUT2D eigenvalue weighted by Gasteiger charge is 2.34. The zero-order valence-electron chi connectivity index (χ0n) is 14.3. The summed E-state index contributed by atoms with van der Waals surface area (Å²) in [6, 6.07) is 9.19. The Kier molecular flexibility index (Phi) is 7.21. The van der Waals surface area contributed by atoms with Gasteiger partial charge in [-0.1, -0.05) is 30.3 Å². The molecule has 7 heteroatoms. The number of benzene rings is 1. The van der Waals surface area contributed by atoms with E-state index in [0.717, 1.165) is 12.8 Å². The van der Waals surface area contributed by atoms with Gasteiger partial charge in [0.1, 0.15) is 6.04 Å². The fourth-order valence-electron chi connectivity index (χ4n) is 3.18. The van der Waals surface area contributed by atoms with Crippen LogP contribution in [-0.4, -0.2) is 51.7 Å². The number of carboxylic acids is 1. The van der Waals surface area contributed by atoms with Crippen LogP contribution in [-0.2, 0) is 20.6 Å². The van der Waals surface area contributed by atoms with Gasteiger partial charge < -0.3 is 14.9 Å². The predicted molar refractivity (Wildman–Crippen MR) is 95.9 cm³/mol. The van der Waals surface area contributed by atoms with E-state index in [-0.39, 0.29) is 24.7 Å². The van der Waals surface area contributed by atoms with E-state index in [1.54, 1.807) is 0 Å². The highest BCUT2D eigenvalue weighted by atomic mass is 31.2. The molecule has 1 aromatic carbocycles. The molecule has 0 radical (unpaired) electrons. The van der Waals surface area contributed by atoms with E-state index in [2.05, 4.69) is 0 Å². The number of amides is 1. The number of unbranched alkanes of at least 4 members (excludes halogenated alkanes) is 1. The lowest BCUT2D eigenvalue weighted by Crippen LogP contribution is -2.40. The maximum Gasteiger partial charge on any atom is 0.326 e. The number of aliphatic carboxylic acids is 1. The molecule has 0 bridgehead atoms. The molecule has 1 fully saturated rings. The van der Waals surface area contributed by atoms with Crippen molar-refractivity contribution in [3.05, 3.63) is 35.9 Å². The van der Waals surface area contributed by atoms with Crippen LogP contribution in [0, 0.1) is 0 Å². The number of hydrogen-bond acceptors (Lipinski definition) is 3. The summed E-state index contributed by atoms with van der Waals surface area (Å²) in [6.07, 6.45) is 3.53. The molecule has 2 atom stereocenters. The molecular weight excluding hydrogens is 341 g/mol. The normalized spacial score (nSPS) is 19.6. The van der Waals surface area contributed by atoms with Crippen LogP contribution in [0.25, 0.3) is 0 Å². The molecule has 1 aromatic rings. The highest BCUT2D eigenvalue weighted by molar-refractivity contribution is 7.58. The van der Waals surface area contributed by atoms with Gasteiger partial charge in [-0.2, -0.15) is 0 Å². The molecule has 1 unspecified atom stereocenters. The predicted octanol–water partition coefficient (Wildman–Crippen LogP) is 2.75. The number of carbonyl (C=O) groups is 2. The quantitative estimate of drug-likeness (QED) is 0.517. The summed E-state index contributed by atoms with van der Waals surface area (Å²) in [5, 5.41) is 9.10. The van der Waals surface area contributed by atoms with Gasteiger partial charge >= 0.3 is 5.97 Å². The van der Waals surface area contributed by atoms with Crippen molar-refractivity contribution in [1.29, 1.82) is 0 Å². The summed E-state index contributed by atoms with van der Waals surface area (Å²) in [7, 11) is -3.35. The molecule has 6 nitrogen and oxygen atoms in total. The van der Waals surface area contributed by atoms with Gasteiger partial charge in [-0.05, 0) is 37.7 Å². The van der Waals surface area contributed by atoms with Gasteiger partial charge in [-0.3, -0.25) is 9.36 Å². The van der Waals surface area contributed by atoms with Crippen LogP contribution >= 0.6 is 7.37 Å². The fraction of sp³-hybridized carbons (Fsp3) is 0.556. The molecule has 0 saturated carbocycles. The van der Waals surface area contributed by atoms with E-state index in [1.807, 2.05) is 30.3 Å². The maximum absolute atomic E-state index is 12.2. The van der Waals surface area contributed by atoms with Gasteiger partial charge in [0, 0.05) is 25.3 Å². The van der Waals surface area contributed by atoms with Gasteiger partial charge in [-0.25, -0.2) is 4.79 Å². The lowest BCUT2D eigenvalue weighted by atomic mass is 10.1. The Morgan fingerprint density at radius 3 is 2.56 bits per heavy atom. The van der Waals surface area contributed by atoms with E-state index in [0.29, 0.717) is 25.8 Å². The van der Waals surface area contributed by atoms with Gasteiger partial charge in [0.25, 0.3) is 0 Å². The molecule has 0 aromatic heterocycles. The second-order valence-corrected chi connectivity index (χ2v) is 9.16. The van der Waals surface area contributed by atoms with Crippen LogP contribution in [0.5, 0.6) is 0 Å². The molecule has 138 valence electrons. The Bertz CT molecular complexity index is 634. The molecule has 0 spiro atoms. The van der Waals surface area contributed by atoms with Crippen molar-refractivity contribution < 1.29 is 24.2 Å². The number of hydrogen-bond donors (Lipinski definition) is 2. The molecule has 0 aliphatic carbocycles. The third-order valence-corrected chi connectivity index (χ3v) is 6.54. The third-order valence-electron chi connectivity index (χ3n) is 4.60. The summed E-state index contributed by atoms with van der Waals surface area (Å²) in [5.41, 5.74) is 1.21. The van der Waals surface area contributed by atoms with Crippen LogP contribution in [0.3, 0.4) is 0 Å². The largest absolute Gasteiger partial charge is 0.480 e. The van der Waals surface area contributed by atoms with Crippen LogP contribution in [0.15, 0.2) is 30.3 Å². The first kappa shape index (κ1) is 19.7. The smallest absolute Gasteiger partial charge is 0.326 e. The van der Waals surface area contributed by atoms with E-state index in [1.165, 1.54) is 10.5 Å². The molecule has 2 rings (SSSR count). The van der Waals surface area contributed by atoms with Crippen LogP contribution in [0.2, 0.25) is 0 Å². The first-order valence-electron chi connectivity index (χ1n) is 8.76. The lowest BCUT2D eigenvalue weighted by molar-refractivity contribution is -0.148. The molecule has 2 N–H and O–H groups in total. The average Bonchev–Trinajstić information content (AvgIpc) is 3.08. The third kappa shape index (κ3) is 6.29. The number of rotatable bonds is 9. The van der Waals surface area contributed by atoms with Gasteiger partial charge in [-0.15, -0.1) is 0 Å². The monoisotopic (exact) mass is 367 g/mol. The first-order valence-corrected chi connectivity index (χ1v) is 10.8. The van der Waals surface area contributed by atoms with Crippen molar-refractivity contribution in [2.45, 2.75) is 44.6 Å². The van der Waals surface area contributed by atoms with Gasteiger partial charge in [0.05, 0.1) is 0 Å². The first-order chi connectivity index (χ1) is 11.9. The minimum atomic E-state index is -3.35. The van der Waals surface area contributed by atoms with Crippen molar-refractivity contribution in [2.24, 2.45) is 0 Å². The second-order valence-electron chi connectivity index (χ2n) is 6.57. The van der Waals surface area contributed by atoms with Crippen LogP contribution in [0.4, 0.5) is 0 Å². The molecule has 1 aliphatic rings. The molecule has 1 aliphatic heterocycles. The summed E-state index contributed by atoms with van der Waals surface area (Å²) < 4.78 is 12.2. The van der Waals surface area contributed by atoms with Crippen molar-refractivity contribution in [3.63, 3.8) is 0 Å². The topological polar surface area (TPSA) is 94.9 Å². The Morgan fingerprint density at radius 1 is 1.16 bits per heavy atom. The number of likely N-dealkylation sites (tertiary alicyclic amines) is 1. The second kappa shape index (κ2) is 9.16. The summed E-state index contributed by atoms with van der Waals surface area (Å²) in [5.74, 6) is -1.33. The van der Waals surface area contributed by atoms with Crippen molar-refractivity contribution in [2.75, 3.05) is 18.9 Å². The van der Waals surface area contributed by atoms with Gasteiger partial charge in [0.15, 0.2) is 0 Å². The SMILES string of the molecule is O=C(O)[C@@H]1CCCN1C(=O)CCP(=O)(O)CCCCc1ccccc1. The number of nitrogens with zero attached hydrogens (tertiary/aromatic N) is 1. The Labute approximate surface area is 148 Å².